The maximum atomic E-state index is 11.7. The molecule has 8 nitrogen and oxygen atoms in total. The fourth-order valence-electron chi connectivity index (χ4n) is 2.38. The number of thioether (sulfide) groups is 2. The molecule has 0 N–H and O–H groups in total. The van der Waals surface area contributed by atoms with Gasteiger partial charge in [0.15, 0.2) is 28.7 Å². The predicted octanol–water partition coefficient (Wildman–Crippen LogP) is 1.15. The molecule has 142 valence electrons. The molecule has 0 radical (unpaired) electrons. The van der Waals surface area contributed by atoms with E-state index in [0.717, 1.165) is 23.5 Å². The van der Waals surface area contributed by atoms with Crippen molar-refractivity contribution in [2.24, 2.45) is 0 Å². The first-order valence-corrected chi connectivity index (χ1v) is 9.35. The van der Waals surface area contributed by atoms with Crippen LogP contribution in [0.4, 0.5) is 0 Å². The van der Waals surface area contributed by atoms with Crippen molar-refractivity contribution < 1.29 is 38.1 Å². The molecular weight excluding hydrogens is 372 g/mol. The van der Waals surface area contributed by atoms with Crippen molar-refractivity contribution in [3.63, 3.8) is 0 Å². The van der Waals surface area contributed by atoms with Crippen LogP contribution in [0, 0.1) is 0 Å². The van der Waals surface area contributed by atoms with Gasteiger partial charge >= 0.3 is 11.9 Å². The van der Waals surface area contributed by atoms with Gasteiger partial charge in [-0.15, -0.1) is 0 Å². The summed E-state index contributed by atoms with van der Waals surface area (Å²) in [5.74, 6) is -0.952. The maximum Gasteiger partial charge on any atom is 0.303 e. The third kappa shape index (κ3) is 6.96. The summed E-state index contributed by atoms with van der Waals surface area (Å²) in [6, 6.07) is 0. The molecule has 5 atom stereocenters. The summed E-state index contributed by atoms with van der Waals surface area (Å²) in [5.41, 5.74) is 0. The van der Waals surface area contributed by atoms with Crippen molar-refractivity contribution >= 4 is 45.7 Å². The Balaban J connectivity index is 3.18. The van der Waals surface area contributed by atoms with Gasteiger partial charge in [0.1, 0.15) is 0 Å². The van der Waals surface area contributed by atoms with Crippen LogP contribution in [0.5, 0.6) is 0 Å². The van der Waals surface area contributed by atoms with Crippen molar-refractivity contribution in [3.05, 3.63) is 0 Å². The molecule has 1 rings (SSSR count). The van der Waals surface area contributed by atoms with Crippen LogP contribution < -0.4 is 0 Å². The van der Waals surface area contributed by atoms with E-state index in [4.69, 9.17) is 18.9 Å². The van der Waals surface area contributed by atoms with E-state index in [9.17, 15) is 19.2 Å². The lowest BCUT2D eigenvalue weighted by Crippen LogP contribution is -2.60. The van der Waals surface area contributed by atoms with Gasteiger partial charge in [-0.1, -0.05) is 23.5 Å². The monoisotopic (exact) mass is 394 g/mol. The molecule has 1 aliphatic rings. The summed E-state index contributed by atoms with van der Waals surface area (Å²) in [7, 11) is 1.36. The zero-order valence-electron chi connectivity index (χ0n) is 14.7. The molecule has 1 saturated heterocycles. The summed E-state index contributed by atoms with van der Waals surface area (Å²) in [6.45, 7) is 5.22. The molecule has 10 heteroatoms. The molecule has 1 fully saturated rings. The second-order valence-corrected chi connectivity index (χ2v) is 7.86. The van der Waals surface area contributed by atoms with Crippen LogP contribution >= 0.6 is 23.5 Å². The first-order chi connectivity index (χ1) is 11.6. The van der Waals surface area contributed by atoms with Gasteiger partial charge in [-0.3, -0.25) is 19.2 Å². The quantitative estimate of drug-likeness (QED) is 0.609. The molecule has 5 unspecified atom stereocenters. The number of methoxy groups -OCH3 is 1. The Morgan fingerprint density at radius 1 is 0.920 bits per heavy atom. The molecule has 0 bridgehead atoms. The number of ether oxygens (including phenoxy) is 4. The molecular formula is C15H22O8S2. The van der Waals surface area contributed by atoms with Gasteiger partial charge in [0, 0.05) is 40.6 Å². The Morgan fingerprint density at radius 2 is 1.48 bits per heavy atom. The molecule has 0 aromatic heterocycles. The molecule has 25 heavy (non-hydrogen) atoms. The van der Waals surface area contributed by atoms with Crippen LogP contribution in [-0.2, 0) is 38.1 Å². The highest BCUT2D eigenvalue weighted by atomic mass is 32.2. The molecule has 0 amide bonds. The van der Waals surface area contributed by atoms with E-state index in [1.807, 2.05) is 0 Å². The zero-order chi connectivity index (χ0) is 19.1. The summed E-state index contributed by atoms with van der Waals surface area (Å²) < 4.78 is 21.6. The number of esters is 2. The smallest absolute Gasteiger partial charge is 0.303 e. The molecule has 0 saturated carbocycles. The standard InChI is InChI=1S/C15H22O8S2/c1-7(16)21-12-13(22-8(2)17)15(20-5)23-11(6-24-9(3)18)14(12)25-10(4)19/h11-15H,6H2,1-5H3. The number of carbonyl (C=O) groups excluding carboxylic acids is 4. The summed E-state index contributed by atoms with van der Waals surface area (Å²) in [5, 5.41) is -0.986. The lowest BCUT2D eigenvalue weighted by Gasteiger charge is -2.44. The Bertz CT molecular complexity index is 524. The van der Waals surface area contributed by atoms with Gasteiger partial charge in [-0.2, -0.15) is 0 Å². The molecule has 1 heterocycles. The zero-order valence-corrected chi connectivity index (χ0v) is 16.3. The number of hydrogen-bond donors (Lipinski definition) is 0. The van der Waals surface area contributed by atoms with Crippen LogP contribution in [0.1, 0.15) is 27.7 Å². The highest BCUT2D eigenvalue weighted by molar-refractivity contribution is 8.14. The maximum absolute atomic E-state index is 11.7. The number of carbonyl (C=O) groups is 4. The van der Waals surface area contributed by atoms with E-state index >= 15 is 0 Å². The van der Waals surface area contributed by atoms with Crippen molar-refractivity contribution in [1.29, 1.82) is 0 Å². The Kier molecular flexibility index (Phi) is 8.91. The first kappa shape index (κ1) is 21.9. The van der Waals surface area contributed by atoms with Crippen LogP contribution in [0.2, 0.25) is 0 Å². The number of rotatable bonds is 6. The van der Waals surface area contributed by atoms with E-state index in [-0.39, 0.29) is 16.0 Å². The largest absolute Gasteiger partial charge is 0.457 e. The molecule has 0 aliphatic carbocycles. The Morgan fingerprint density at radius 3 is 1.92 bits per heavy atom. The fourth-order valence-corrected chi connectivity index (χ4v) is 4.23. The van der Waals surface area contributed by atoms with Crippen molar-refractivity contribution in [2.75, 3.05) is 12.9 Å². The van der Waals surface area contributed by atoms with Crippen LogP contribution in [-0.4, -0.2) is 64.9 Å². The minimum atomic E-state index is -1.03. The van der Waals surface area contributed by atoms with Crippen molar-refractivity contribution in [3.8, 4) is 0 Å². The lowest BCUT2D eigenvalue weighted by molar-refractivity contribution is -0.261. The van der Waals surface area contributed by atoms with Gasteiger partial charge in [0.25, 0.3) is 0 Å². The van der Waals surface area contributed by atoms with Crippen LogP contribution in [0.25, 0.3) is 0 Å². The molecule has 0 spiro atoms. The second-order valence-electron chi connectivity index (χ2n) is 5.30. The van der Waals surface area contributed by atoms with Gasteiger partial charge in [0.2, 0.25) is 0 Å². The fraction of sp³-hybridized carbons (Fsp3) is 0.733. The van der Waals surface area contributed by atoms with Crippen LogP contribution in [0.15, 0.2) is 0 Å². The topological polar surface area (TPSA) is 105 Å². The lowest BCUT2D eigenvalue weighted by atomic mass is 10.0. The normalized spacial score (nSPS) is 28.9. The van der Waals surface area contributed by atoms with Crippen molar-refractivity contribution in [2.45, 2.75) is 57.5 Å². The average molecular weight is 394 g/mol. The van der Waals surface area contributed by atoms with Gasteiger partial charge in [-0.25, -0.2) is 0 Å². The first-order valence-electron chi connectivity index (χ1n) is 7.49. The van der Waals surface area contributed by atoms with E-state index in [0.29, 0.717) is 0 Å². The van der Waals surface area contributed by atoms with E-state index in [2.05, 4.69) is 0 Å². The van der Waals surface area contributed by atoms with Gasteiger partial charge in [0.05, 0.1) is 11.4 Å². The third-order valence-corrected chi connectivity index (χ3v) is 5.26. The molecule has 0 aromatic rings. The summed E-state index contributed by atoms with van der Waals surface area (Å²) in [4.78, 5) is 45.9. The minimum Gasteiger partial charge on any atom is -0.457 e. The SMILES string of the molecule is COC1OC(CSC(C)=O)C(SC(C)=O)C(OC(C)=O)C1OC(C)=O. The number of hydrogen-bond acceptors (Lipinski definition) is 10. The van der Waals surface area contributed by atoms with Gasteiger partial charge in [-0.05, 0) is 0 Å². The highest BCUT2D eigenvalue weighted by Crippen LogP contribution is 2.36. The average Bonchev–Trinajstić information content (AvgIpc) is 2.48. The van der Waals surface area contributed by atoms with E-state index in [1.165, 1.54) is 34.8 Å². The third-order valence-electron chi connectivity index (χ3n) is 3.18. The highest BCUT2D eigenvalue weighted by Gasteiger charge is 2.50. The predicted molar refractivity (Wildman–Crippen MR) is 92.0 cm³/mol. The molecule has 1 aliphatic heterocycles. The van der Waals surface area contributed by atoms with Gasteiger partial charge < -0.3 is 18.9 Å². The van der Waals surface area contributed by atoms with E-state index < -0.39 is 41.8 Å². The van der Waals surface area contributed by atoms with Crippen LogP contribution in [0.3, 0.4) is 0 Å². The Hall–Kier alpha value is -1.10. The molecule has 0 aromatic carbocycles. The Labute approximate surface area is 154 Å². The minimum absolute atomic E-state index is 0.115. The summed E-state index contributed by atoms with van der Waals surface area (Å²) in [6.07, 6.45) is -3.59. The second kappa shape index (κ2) is 10.1. The summed E-state index contributed by atoms with van der Waals surface area (Å²) >= 11 is 1.94. The van der Waals surface area contributed by atoms with E-state index in [1.54, 1.807) is 0 Å². The van der Waals surface area contributed by atoms with Crippen molar-refractivity contribution in [1.82, 2.24) is 0 Å².